The first-order valence-electron chi connectivity index (χ1n) is 6.65. The van der Waals surface area contributed by atoms with Crippen molar-refractivity contribution in [3.63, 3.8) is 0 Å². The fraction of sp³-hybridized carbons (Fsp3) is 0.375. The third-order valence-electron chi connectivity index (χ3n) is 3.15. The molecule has 0 bridgehead atoms. The molecule has 1 aromatic heterocycles. The summed E-state index contributed by atoms with van der Waals surface area (Å²) < 4.78 is 6.13. The highest BCUT2D eigenvalue weighted by Crippen LogP contribution is 2.30. The van der Waals surface area contributed by atoms with E-state index in [0.29, 0.717) is 0 Å². The molecular weight excluding hydrogens is 254 g/mol. The van der Waals surface area contributed by atoms with Crippen molar-refractivity contribution in [1.29, 1.82) is 0 Å². The molecule has 2 rings (SSSR count). The summed E-state index contributed by atoms with van der Waals surface area (Å²) in [6.45, 7) is 6.27. The van der Waals surface area contributed by atoms with Crippen LogP contribution < -0.4 is 10.5 Å². The van der Waals surface area contributed by atoms with Crippen LogP contribution in [0.25, 0.3) is 0 Å². The van der Waals surface area contributed by atoms with E-state index in [-0.39, 0.29) is 12.1 Å². The zero-order valence-corrected chi connectivity index (χ0v) is 12.5. The molecule has 2 aromatic rings. The van der Waals surface area contributed by atoms with E-state index in [1.54, 1.807) is 11.3 Å². The van der Waals surface area contributed by atoms with Crippen LogP contribution in [0.5, 0.6) is 5.75 Å². The van der Waals surface area contributed by atoms with Crippen molar-refractivity contribution < 1.29 is 4.74 Å². The maximum atomic E-state index is 6.23. The fourth-order valence-electron chi connectivity index (χ4n) is 2.01. The van der Waals surface area contributed by atoms with Gasteiger partial charge >= 0.3 is 0 Å². The van der Waals surface area contributed by atoms with Crippen molar-refractivity contribution in [2.45, 2.75) is 39.3 Å². The Bertz CT molecular complexity index is 535. The van der Waals surface area contributed by atoms with E-state index in [1.807, 2.05) is 12.1 Å². The minimum absolute atomic E-state index is 0.0126. The van der Waals surface area contributed by atoms with Gasteiger partial charge in [-0.25, -0.2) is 0 Å². The van der Waals surface area contributed by atoms with Crippen LogP contribution in [0, 0.1) is 13.8 Å². The Balaban J connectivity index is 2.24. The van der Waals surface area contributed by atoms with Crippen LogP contribution in [0.15, 0.2) is 36.4 Å². The smallest absolute Gasteiger partial charge is 0.148 e. The second-order valence-corrected chi connectivity index (χ2v) is 6.19. The van der Waals surface area contributed by atoms with Crippen molar-refractivity contribution in [2.24, 2.45) is 5.73 Å². The first-order valence-corrected chi connectivity index (χ1v) is 7.47. The summed E-state index contributed by atoms with van der Waals surface area (Å²) in [6.07, 6.45) is 0.832. The molecule has 0 spiro atoms. The van der Waals surface area contributed by atoms with Crippen LogP contribution in [-0.4, -0.2) is 6.04 Å². The van der Waals surface area contributed by atoms with Crippen LogP contribution in [-0.2, 0) is 0 Å². The predicted molar refractivity (Wildman–Crippen MR) is 81.9 cm³/mol. The molecule has 0 fully saturated rings. The molecule has 102 valence electrons. The molecule has 0 radical (unpaired) electrons. The first-order chi connectivity index (χ1) is 9.10. The lowest BCUT2D eigenvalue weighted by Crippen LogP contribution is -2.30. The van der Waals surface area contributed by atoms with E-state index in [0.717, 1.165) is 12.2 Å². The van der Waals surface area contributed by atoms with E-state index in [9.17, 15) is 0 Å². The molecule has 0 aliphatic heterocycles. The summed E-state index contributed by atoms with van der Waals surface area (Å²) in [7, 11) is 0. The Hall–Kier alpha value is -1.32. The van der Waals surface area contributed by atoms with Gasteiger partial charge in [-0.1, -0.05) is 19.1 Å². The second kappa shape index (κ2) is 6.22. The van der Waals surface area contributed by atoms with Gasteiger partial charge in [-0.05, 0) is 50.1 Å². The highest BCUT2D eigenvalue weighted by atomic mass is 32.1. The number of aryl methyl sites for hydroxylation is 2. The SMILES string of the molecule is CCC(N)C(Oc1cccc(C)c1)c1ccc(C)s1. The molecule has 0 saturated heterocycles. The Kier molecular flexibility index (Phi) is 4.61. The molecular formula is C16H21NOS. The molecule has 0 aliphatic rings. The summed E-state index contributed by atoms with van der Waals surface area (Å²) in [5, 5.41) is 0. The predicted octanol–water partition coefficient (Wildman–Crippen LogP) is 4.22. The summed E-state index contributed by atoms with van der Waals surface area (Å²) in [4.78, 5) is 2.49. The van der Waals surface area contributed by atoms with Gasteiger partial charge in [-0.3, -0.25) is 0 Å². The summed E-state index contributed by atoms with van der Waals surface area (Å²) in [5.41, 5.74) is 7.42. The van der Waals surface area contributed by atoms with E-state index >= 15 is 0 Å². The highest BCUT2D eigenvalue weighted by Gasteiger charge is 2.22. The average Bonchev–Trinajstić information content (AvgIpc) is 2.81. The van der Waals surface area contributed by atoms with Crippen LogP contribution >= 0.6 is 11.3 Å². The van der Waals surface area contributed by atoms with Gasteiger partial charge in [0.15, 0.2) is 0 Å². The van der Waals surface area contributed by atoms with Crippen LogP contribution in [0.4, 0.5) is 0 Å². The molecule has 2 N–H and O–H groups in total. The molecule has 19 heavy (non-hydrogen) atoms. The van der Waals surface area contributed by atoms with Crippen molar-refractivity contribution >= 4 is 11.3 Å². The second-order valence-electron chi connectivity index (χ2n) is 4.88. The number of rotatable bonds is 5. The third-order valence-corrected chi connectivity index (χ3v) is 4.22. The van der Waals surface area contributed by atoms with Gasteiger partial charge in [-0.2, -0.15) is 0 Å². The molecule has 2 atom stereocenters. The quantitative estimate of drug-likeness (QED) is 0.886. The van der Waals surface area contributed by atoms with E-state index in [1.165, 1.54) is 15.3 Å². The molecule has 0 aliphatic carbocycles. The fourth-order valence-corrected chi connectivity index (χ4v) is 3.00. The standard InChI is InChI=1S/C16H21NOS/c1-4-14(17)16(15-9-8-12(3)19-15)18-13-7-5-6-11(2)10-13/h5-10,14,16H,4,17H2,1-3H3. The maximum absolute atomic E-state index is 6.23. The van der Waals surface area contributed by atoms with Crippen molar-refractivity contribution in [3.8, 4) is 5.75 Å². The maximum Gasteiger partial charge on any atom is 0.148 e. The van der Waals surface area contributed by atoms with E-state index < -0.39 is 0 Å². The molecule has 3 heteroatoms. The zero-order valence-electron chi connectivity index (χ0n) is 11.7. The Morgan fingerprint density at radius 2 is 2.00 bits per heavy atom. The zero-order chi connectivity index (χ0) is 13.8. The van der Waals surface area contributed by atoms with Crippen LogP contribution in [0.1, 0.15) is 34.8 Å². The number of benzene rings is 1. The van der Waals surface area contributed by atoms with Gasteiger partial charge in [0.2, 0.25) is 0 Å². The van der Waals surface area contributed by atoms with Crippen LogP contribution in [0.3, 0.4) is 0 Å². The number of ether oxygens (including phenoxy) is 1. The monoisotopic (exact) mass is 275 g/mol. The van der Waals surface area contributed by atoms with Crippen molar-refractivity contribution in [1.82, 2.24) is 0 Å². The molecule has 0 amide bonds. The Morgan fingerprint density at radius 3 is 2.58 bits per heavy atom. The lowest BCUT2D eigenvalue weighted by molar-refractivity contribution is 0.174. The lowest BCUT2D eigenvalue weighted by atomic mass is 10.1. The number of thiophene rings is 1. The average molecular weight is 275 g/mol. The summed E-state index contributed by atoms with van der Waals surface area (Å²) in [5.74, 6) is 0.889. The minimum Gasteiger partial charge on any atom is -0.483 e. The molecule has 2 nitrogen and oxygen atoms in total. The molecule has 1 heterocycles. The van der Waals surface area contributed by atoms with Crippen LogP contribution in [0.2, 0.25) is 0 Å². The molecule has 2 unspecified atom stereocenters. The van der Waals surface area contributed by atoms with E-state index in [4.69, 9.17) is 10.5 Å². The van der Waals surface area contributed by atoms with Gasteiger partial charge in [0.1, 0.15) is 11.9 Å². The van der Waals surface area contributed by atoms with Gasteiger partial charge < -0.3 is 10.5 Å². The first kappa shape index (κ1) is 14.1. The summed E-state index contributed by atoms with van der Waals surface area (Å²) >= 11 is 1.76. The largest absolute Gasteiger partial charge is 0.483 e. The van der Waals surface area contributed by atoms with Gasteiger partial charge in [0, 0.05) is 15.8 Å². The third kappa shape index (κ3) is 3.58. The Morgan fingerprint density at radius 1 is 1.21 bits per heavy atom. The summed E-state index contributed by atoms with van der Waals surface area (Å²) in [6, 6.07) is 12.4. The molecule has 1 aromatic carbocycles. The van der Waals surface area contributed by atoms with E-state index in [2.05, 4.69) is 45.0 Å². The highest BCUT2D eigenvalue weighted by molar-refractivity contribution is 7.12. The minimum atomic E-state index is -0.0644. The lowest BCUT2D eigenvalue weighted by Gasteiger charge is -2.23. The molecule has 0 saturated carbocycles. The number of hydrogen-bond donors (Lipinski definition) is 1. The number of nitrogens with two attached hydrogens (primary N) is 1. The van der Waals surface area contributed by atoms with Gasteiger partial charge in [-0.15, -0.1) is 11.3 Å². The topological polar surface area (TPSA) is 35.2 Å². The number of hydrogen-bond acceptors (Lipinski definition) is 3. The van der Waals surface area contributed by atoms with Crippen molar-refractivity contribution in [2.75, 3.05) is 0 Å². The Labute approximate surface area is 119 Å². The normalized spacial score (nSPS) is 14.1. The van der Waals surface area contributed by atoms with Crippen molar-refractivity contribution in [3.05, 3.63) is 51.7 Å². The van der Waals surface area contributed by atoms with Gasteiger partial charge in [0.05, 0.1) is 0 Å². The van der Waals surface area contributed by atoms with Gasteiger partial charge in [0.25, 0.3) is 0 Å².